The molecular weight excluding hydrogens is 360 g/mol. The maximum atomic E-state index is 12.8. The van der Waals surface area contributed by atoms with Crippen molar-refractivity contribution in [1.82, 2.24) is 5.32 Å². The number of hydrogen-bond acceptors (Lipinski definition) is 3. The third kappa shape index (κ3) is 5.32. The van der Waals surface area contributed by atoms with E-state index in [-0.39, 0.29) is 11.9 Å². The zero-order chi connectivity index (χ0) is 20.4. The Bertz CT molecular complexity index is 901. The van der Waals surface area contributed by atoms with Gasteiger partial charge in [0.15, 0.2) is 0 Å². The quantitative estimate of drug-likeness (QED) is 0.821. The second-order valence-electron chi connectivity index (χ2n) is 7.22. The van der Waals surface area contributed by atoms with Crippen LogP contribution < -0.4 is 9.62 Å². The Morgan fingerprint density at radius 3 is 1.93 bits per heavy atom. The summed E-state index contributed by atoms with van der Waals surface area (Å²) in [6.07, 6.45) is 1.12. The Balaban J connectivity index is 2.28. The summed E-state index contributed by atoms with van der Waals surface area (Å²) in [4.78, 5) is 12.8. The average molecular weight is 389 g/mol. The second-order valence-corrected chi connectivity index (χ2v) is 9.08. The molecule has 0 aliphatic heterocycles. The molecule has 2 rings (SSSR count). The third-order valence-electron chi connectivity index (χ3n) is 4.49. The van der Waals surface area contributed by atoms with Gasteiger partial charge in [-0.2, -0.15) is 0 Å². The van der Waals surface area contributed by atoms with E-state index in [2.05, 4.69) is 5.32 Å². The Kier molecular flexibility index (Phi) is 6.31. The van der Waals surface area contributed by atoms with Gasteiger partial charge in [0.2, 0.25) is 15.9 Å². The van der Waals surface area contributed by atoms with Crippen molar-refractivity contribution in [3.63, 3.8) is 0 Å². The van der Waals surface area contributed by atoms with E-state index in [1.54, 1.807) is 19.1 Å². The van der Waals surface area contributed by atoms with Gasteiger partial charge in [0, 0.05) is 0 Å². The van der Waals surface area contributed by atoms with E-state index in [9.17, 15) is 13.2 Å². The fourth-order valence-electron chi connectivity index (χ4n) is 3.16. The van der Waals surface area contributed by atoms with Crippen molar-refractivity contribution in [2.24, 2.45) is 0 Å². The van der Waals surface area contributed by atoms with E-state index in [1.165, 1.54) is 4.31 Å². The van der Waals surface area contributed by atoms with Gasteiger partial charge < -0.3 is 5.32 Å². The van der Waals surface area contributed by atoms with Crippen LogP contribution >= 0.6 is 0 Å². The van der Waals surface area contributed by atoms with Crippen molar-refractivity contribution in [2.75, 3.05) is 10.6 Å². The third-order valence-corrected chi connectivity index (χ3v) is 5.73. The largest absolute Gasteiger partial charge is 0.348 e. The highest BCUT2D eigenvalue weighted by Gasteiger charge is 2.30. The molecule has 0 aromatic heterocycles. The molecule has 1 N–H and O–H groups in total. The van der Waals surface area contributed by atoms with E-state index in [0.717, 1.165) is 28.5 Å². The zero-order valence-corrected chi connectivity index (χ0v) is 17.6. The molecule has 6 heteroatoms. The van der Waals surface area contributed by atoms with Crippen LogP contribution in [-0.2, 0) is 14.8 Å². The van der Waals surface area contributed by atoms with Crippen LogP contribution in [0.5, 0.6) is 0 Å². The van der Waals surface area contributed by atoms with Crippen molar-refractivity contribution in [3.05, 3.63) is 64.7 Å². The first-order valence-corrected chi connectivity index (χ1v) is 10.8. The summed E-state index contributed by atoms with van der Waals surface area (Å²) in [5.74, 6) is -0.340. The molecule has 27 heavy (non-hydrogen) atoms. The van der Waals surface area contributed by atoms with Crippen molar-refractivity contribution < 1.29 is 13.2 Å². The number of amides is 1. The SMILES string of the molecule is Cc1ccc([C@H](C)NC(=O)[C@H](C)N(c2cc(C)cc(C)c2)S(C)(=O)=O)cc1. The number of nitrogens with one attached hydrogen (secondary N) is 1. The van der Waals surface area contributed by atoms with Crippen LogP contribution in [0.15, 0.2) is 42.5 Å². The molecule has 146 valence electrons. The smallest absolute Gasteiger partial charge is 0.244 e. The lowest BCUT2D eigenvalue weighted by molar-refractivity contribution is -0.122. The number of benzene rings is 2. The normalized spacial score (nSPS) is 13.7. The van der Waals surface area contributed by atoms with Crippen molar-refractivity contribution in [2.45, 2.75) is 46.7 Å². The molecule has 2 aromatic carbocycles. The summed E-state index contributed by atoms with van der Waals surface area (Å²) in [5, 5.41) is 2.92. The molecular formula is C21H28N2O3S. The maximum Gasteiger partial charge on any atom is 0.244 e. The predicted molar refractivity (Wildman–Crippen MR) is 110 cm³/mol. The number of carbonyl (C=O) groups is 1. The Labute approximate surface area is 162 Å². The van der Waals surface area contributed by atoms with Gasteiger partial charge in [-0.3, -0.25) is 9.10 Å². The fourth-order valence-corrected chi connectivity index (χ4v) is 4.32. The van der Waals surface area contributed by atoms with Gasteiger partial charge >= 0.3 is 0 Å². The Hall–Kier alpha value is -2.34. The second kappa shape index (κ2) is 8.13. The van der Waals surface area contributed by atoms with Crippen LogP contribution in [0.4, 0.5) is 5.69 Å². The molecule has 0 saturated carbocycles. The maximum absolute atomic E-state index is 12.8. The molecule has 0 spiro atoms. The number of carbonyl (C=O) groups excluding carboxylic acids is 1. The number of anilines is 1. The summed E-state index contributed by atoms with van der Waals surface area (Å²) in [5.41, 5.74) is 4.50. The first-order chi connectivity index (χ1) is 12.5. The minimum atomic E-state index is -3.63. The standard InChI is InChI=1S/C21H28N2O3S/c1-14-7-9-19(10-8-14)17(4)22-21(24)18(5)23(27(6,25)26)20-12-15(2)11-16(3)13-20/h7-13,17-18H,1-6H3,(H,22,24)/t17-,18-/m0/s1. The molecule has 2 aromatic rings. The van der Waals surface area contributed by atoms with Crippen LogP contribution in [-0.4, -0.2) is 26.6 Å². The highest BCUT2D eigenvalue weighted by atomic mass is 32.2. The molecule has 0 heterocycles. The van der Waals surface area contributed by atoms with E-state index >= 15 is 0 Å². The lowest BCUT2D eigenvalue weighted by Crippen LogP contribution is -2.48. The van der Waals surface area contributed by atoms with Crippen LogP contribution in [0.1, 0.15) is 42.1 Å². The average Bonchev–Trinajstić information content (AvgIpc) is 2.53. The van der Waals surface area contributed by atoms with Crippen LogP contribution in [0, 0.1) is 20.8 Å². The molecule has 2 atom stereocenters. The first kappa shape index (κ1) is 21.0. The minimum Gasteiger partial charge on any atom is -0.348 e. The molecule has 0 saturated heterocycles. The topological polar surface area (TPSA) is 66.5 Å². The molecule has 1 amide bonds. The van der Waals surface area contributed by atoms with Gasteiger partial charge in [-0.25, -0.2) is 8.42 Å². The molecule has 0 radical (unpaired) electrons. The van der Waals surface area contributed by atoms with Crippen LogP contribution in [0.3, 0.4) is 0 Å². The highest BCUT2D eigenvalue weighted by Crippen LogP contribution is 2.24. The predicted octanol–water partition coefficient (Wildman–Crippen LogP) is 3.64. The van der Waals surface area contributed by atoms with Gasteiger partial charge in [-0.15, -0.1) is 0 Å². The number of hydrogen-bond donors (Lipinski definition) is 1. The first-order valence-electron chi connectivity index (χ1n) is 8.93. The van der Waals surface area contributed by atoms with Crippen molar-refractivity contribution in [3.8, 4) is 0 Å². The van der Waals surface area contributed by atoms with Gasteiger partial charge in [0.25, 0.3) is 0 Å². The Morgan fingerprint density at radius 2 is 1.44 bits per heavy atom. The molecule has 0 fully saturated rings. The van der Waals surface area contributed by atoms with E-state index < -0.39 is 16.1 Å². The molecule has 0 aliphatic rings. The van der Waals surface area contributed by atoms with Crippen LogP contribution in [0.2, 0.25) is 0 Å². The van der Waals surface area contributed by atoms with Gasteiger partial charge in [0.05, 0.1) is 18.0 Å². The summed E-state index contributed by atoms with van der Waals surface area (Å²) >= 11 is 0. The van der Waals surface area contributed by atoms with Gasteiger partial charge in [-0.1, -0.05) is 35.9 Å². The molecule has 0 bridgehead atoms. The lowest BCUT2D eigenvalue weighted by atomic mass is 10.1. The van der Waals surface area contributed by atoms with E-state index in [0.29, 0.717) is 5.69 Å². The number of rotatable bonds is 6. The highest BCUT2D eigenvalue weighted by molar-refractivity contribution is 7.92. The summed E-state index contributed by atoms with van der Waals surface area (Å²) in [7, 11) is -3.63. The Morgan fingerprint density at radius 1 is 0.926 bits per heavy atom. The molecule has 0 unspecified atom stereocenters. The molecule has 0 aliphatic carbocycles. The van der Waals surface area contributed by atoms with Gasteiger partial charge in [-0.05, 0) is 63.4 Å². The summed E-state index contributed by atoms with van der Waals surface area (Å²) < 4.78 is 26.1. The number of aryl methyl sites for hydroxylation is 3. The lowest BCUT2D eigenvalue weighted by Gasteiger charge is -2.30. The number of sulfonamides is 1. The monoisotopic (exact) mass is 388 g/mol. The van der Waals surface area contributed by atoms with E-state index in [1.807, 2.05) is 58.0 Å². The number of nitrogens with zero attached hydrogens (tertiary/aromatic N) is 1. The van der Waals surface area contributed by atoms with E-state index in [4.69, 9.17) is 0 Å². The van der Waals surface area contributed by atoms with Gasteiger partial charge in [0.1, 0.15) is 6.04 Å². The fraction of sp³-hybridized carbons (Fsp3) is 0.381. The van der Waals surface area contributed by atoms with Crippen molar-refractivity contribution >= 4 is 21.6 Å². The van der Waals surface area contributed by atoms with Crippen LogP contribution in [0.25, 0.3) is 0 Å². The summed E-state index contributed by atoms with van der Waals surface area (Å²) in [6.45, 7) is 9.30. The zero-order valence-electron chi connectivity index (χ0n) is 16.8. The van der Waals surface area contributed by atoms with Crippen molar-refractivity contribution in [1.29, 1.82) is 0 Å². The minimum absolute atomic E-state index is 0.221. The molecule has 5 nitrogen and oxygen atoms in total. The summed E-state index contributed by atoms with van der Waals surface area (Å²) in [6, 6.07) is 12.3.